The molecule has 29 heavy (non-hydrogen) atoms. The van der Waals surface area contributed by atoms with Crippen molar-refractivity contribution >= 4 is 11.0 Å². The maximum Gasteiger partial charge on any atom is 0.235 e. The number of rotatable bonds is 5. The number of piperidine rings is 1. The molecule has 0 saturated carbocycles. The molecule has 6 nitrogen and oxygen atoms in total. The van der Waals surface area contributed by atoms with E-state index in [0.29, 0.717) is 40.5 Å². The van der Waals surface area contributed by atoms with Crippen LogP contribution in [-0.2, 0) is 6.54 Å². The Morgan fingerprint density at radius 1 is 1.10 bits per heavy atom. The molecule has 4 rings (SSSR count). The van der Waals surface area contributed by atoms with E-state index in [4.69, 9.17) is 13.9 Å². The third-order valence-electron chi connectivity index (χ3n) is 5.51. The molecule has 152 valence electrons. The van der Waals surface area contributed by atoms with Gasteiger partial charge in [0, 0.05) is 12.1 Å². The number of hydrogen-bond acceptors (Lipinski definition) is 6. The summed E-state index contributed by atoms with van der Waals surface area (Å²) in [4.78, 5) is 15.2. The zero-order chi connectivity index (χ0) is 20.4. The Bertz CT molecular complexity index is 1050. The third-order valence-corrected chi connectivity index (χ3v) is 5.51. The summed E-state index contributed by atoms with van der Waals surface area (Å²) in [7, 11) is 1.58. The first-order chi connectivity index (χ1) is 14.0. The van der Waals surface area contributed by atoms with Crippen LogP contribution in [0.3, 0.4) is 0 Å². The molecular weight excluding hydrogens is 370 g/mol. The van der Waals surface area contributed by atoms with Crippen LogP contribution in [0.5, 0.6) is 23.0 Å². The lowest BCUT2D eigenvalue weighted by Gasteiger charge is -2.31. The molecule has 1 aliphatic rings. The Labute approximate surface area is 169 Å². The quantitative estimate of drug-likeness (QED) is 0.653. The summed E-state index contributed by atoms with van der Waals surface area (Å²) in [6.07, 6.45) is 3.52. The number of likely N-dealkylation sites (tertiary alicyclic amines) is 1. The van der Waals surface area contributed by atoms with Gasteiger partial charge in [-0.25, -0.2) is 0 Å². The second kappa shape index (κ2) is 8.17. The molecule has 1 aromatic heterocycles. The molecular formula is C23H24NO5-. The van der Waals surface area contributed by atoms with E-state index in [-0.39, 0.29) is 16.9 Å². The van der Waals surface area contributed by atoms with Gasteiger partial charge in [-0.1, -0.05) is 13.0 Å². The molecule has 1 saturated heterocycles. The largest absolute Gasteiger partial charge is 0.872 e. The Balaban J connectivity index is 1.64. The van der Waals surface area contributed by atoms with E-state index in [1.807, 2.05) is 0 Å². The summed E-state index contributed by atoms with van der Waals surface area (Å²) in [6, 6.07) is 9.89. The molecule has 0 atom stereocenters. The third kappa shape index (κ3) is 4.07. The van der Waals surface area contributed by atoms with Crippen molar-refractivity contribution in [2.24, 2.45) is 5.92 Å². The highest BCUT2D eigenvalue weighted by atomic mass is 16.5. The van der Waals surface area contributed by atoms with E-state index in [1.54, 1.807) is 31.4 Å². The van der Waals surface area contributed by atoms with Gasteiger partial charge in [0.1, 0.15) is 23.3 Å². The Morgan fingerprint density at radius 2 is 1.79 bits per heavy atom. The molecule has 1 fully saturated rings. The lowest BCUT2D eigenvalue weighted by molar-refractivity contribution is -0.269. The van der Waals surface area contributed by atoms with Crippen molar-refractivity contribution in [2.75, 3.05) is 20.2 Å². The zero-order valence-corrected chi connectivity index (χ0v) is 16.6. The number of ether oxygens (including phenoxy) is 2. The van der Waals surface area contributed by atoms with Gasteiger partial charge in [0.05, 0.1) is 12.5 Å². The summed E-state index contributed by atoms with van der Waals surface area (Å²) in [5.41, 5.74) is 0.587. The van der Waals surface area contributed by atoms with Crippen molar-refractivity contribution in [2.45, 2.75) is 26.3 Å². The van der Waals surface area contributed by atoms with Crippen LogP contribution in [0, 0.1) is 5.92 Å². The Morgan fingerprint density at radius 3 is 2.48 bits per heavy atom. The van der Waals surface area contributed by atoms with Gasteiger partial charge in [-0.3, -0.25) is 9.69 Å². The molecule has 6 heteroatoms. The molecule has 3 aromatic rings. The number of hydrogen-bond donors (Lipinski definition) is 0. The lowest BCUT2D eigenvalue weighted by Crippen LogP contribution is -2.32. The molecule has 2 heterocycles. The fraction of sp³-hybridized carbons (Fsp3) is 0.348. The van der Waals surface area contributed by atoms with Gasteiger partial charge < -0.3 is 19.0 Å². The predicted molar refractivity (Wildman–Crippen MR) is 109 cm³/mol. The highest BCUT2D eigenvalue weighted by Gasteiger charge is 2.19. The van der Waals surface area contributed by atoms with Crippen molar-refractivity contribution in [3.8, 4) is 23.0 Å². The molecule has 0 aliphatic carbocycles. The average Bonchev–Trinajstić information content (AvgIpc) is 2.74. The highest BCUT2D eigenvalue weighted by Crippen LogP contribution is 2.29. The second-order valence-electron chi connectivity index (χ2n) is 7.58. The normalized spacial score (nSPS) is 15.5. The van der Waals surface area contributed by atoms with E-state index >= 15 is 0 Å². The number of methoxy groups -OCH3 is 1. The second-order valence-corrected chi connectivity index (χ2v) is 7.58. The first-order valence-corrected chi connectivity index (χ1v) is 9.84. The SMILES string of the molecule is COc1ccc(Oc2coc3c(CN4CCC(C)CC4)c([O-])ccc3c2=O)cc1. The van der Waals surface area contributed by atoms with Gasteiger partial charge >= 0.3 is 0 Å². The van der Waals surface area contributed by atoms with Crippen LogP contribution in [0.2, 0.25) is 0 Å². The van der Waals surface area contributed by atoms with Crippen molar-refractivity contribution < 1.29 is 19.0 Å². The predicted octanol–water partition coefficient (Wildman–Crippen LogP) is 3.90. The van der Waals surface area contributed by atoms with Crippen LogP contribution in [0.15, 0.2) is 51.9 Å². The van der Waals surface area contributed by atoms with Crippen LogP contribution in [0.25, 0.3) is 11.0 Å². The number of nitrogens with zero attached hydrogens (tertiary/aromatic N) is 1. The Hall–Kier alpha value is -2.99. The smallest absolute Gasteiger partial charge is 0.235 e. The molecule has 0 radical (unpaired) electrons. The van der Waals surface area contributed by atoms with Crippen LogP contribution in [0.1, 0.15) is 25.3 Å². The van der Waals surface area contributed by atoms with Crippen LogP contribution < -0.4 is 20.0 Å². The van der Waals surface area contributed by atoms with Crippen molar-refractivity contribution in [3.05, 3.63) is 58.4 Å². The number of benzene rings is 2. The van der Waals surface area contributed by atoms with Gasteiger partial charge in [-0.15, -0.1) is 5.75 Å². The zero-order valence-electron chi connectivity index (χ0n) is 16.6. The molecule has 0 amide bonds. The Kier molecular flexibility index (Phi) is 5.45. The molecule has 0 bridgehead atoms. The van der Waals surface area contributed by atoms with Gasteiger partial charge in [0.15, 0.2) is 0 Å². The van der Waals surface area contributed by atoms with Gasteiger partial charge in [-0.2, -0.15) is 0 Å². The van der Waals surface area contributed by atoms with Crippen molar-refractivity contribution in [3.63, 3.8) is 0 Å². The minimum absolute atomic E-state index is 0.0825. The lowest BCUT2D eigenvalue weighted by atomic mass is 9.98. The van der Waals surface area contributed by atoms with E-state index < -0.39 is 0 Å². The highest BCUT2D eigenvalue weighted by molar-refractivity contribution is 5.82. The molecule has 0 N–H and O–H groups in total. The number of fused-ring (bicyclic) bond motifs is 1. The summed E-state index contributed by atoms with van der Waals surface area (Å²) in [5, 5.41) is 12.8. The maximum atomic E-state index is 12.9. The first kappa shape index (κ1) is 19.3. The van der Waals surface area contributed by atoms with E-state index in [0.717, 1.165) is 25.9 Å². The van der Waals surface area contributed by atoms with Gasteiger partial charge in [0.25, 0.3) is 0 Å². The standard InChI is InChI=1S/C23H25NO5/c1-15-9-11-24(12-10-15)13-19-20(25)8-7-18-22(26)21(14-28-23(18)19)29-17-5-3-16(27-2)4-6-17/h3-8,14-15,25H,9-13H2,1-2H3/p-1. The fourth-order valence-corrected chi connectivity index (χ4v) is 3.66. The van der Waals surface area contributed by atoms with E-state index in [9.17, 15) is 9.90 Å². The van der Waals surface area contributed by atoms with E-state index in [2.05, 4.69) is 11.8 Å². The van der Waals surface area contributed by atoms with Crippen LogP contribution in [-0.4, -0.2) is 25.1 Å². The molecule has 1 aliphatic heterocycles. The van der Waals surface area contributed by atoms with Crippen LogP contribution >= 0.6 is 0 Å². The summed E-state index contributed by atoms with van der Waals surface area (Å²) in [6.45, 7) is 4.63. The monoisotopic (exact) mass is 394 g/mol. The van der Waals surface area contributed by atoms with Crippen molar-refractivity contribution in [1.82, 2.24) is 4.90 Å². The van der Waals surface area contributed by atoms with Crippen molar-refractivity contribution in [1.29, 1.82) is 0 Å². The minimum Gasteiger partial charge on any atom is -0.872 e. The van der Waals surface area contributed by atoms with Gasteiger partial charge in [-0.05, 0) is 62.2 Å². The molecule has 2 aromatic carbocycles. The molecule has 0 unspecified atom stereocenters. The average molecular weight is 394 g/mol. The minimum atomic E-state index is -0.296. The topological polar surface area (TPSA) is 75.0 Å². The van der Waals surface area contributed by atoms with Crippen LogP contribution in [0.4, 0.5) is 0 Å². The summed E-state index contributed by atoms with van der Waals surface area (Å²) >= 11 is 0. The summed E-state index contributed by atoms with van der Waals surface area (Å²) < 4.78 is 16.6. The first-order valence-electron chi connectivity index (χ1n) is 9.84. The van der Waals surface area contributed by atoms with E-state index in [1.165, 1.54) is 18.4 Å². The fourth-order valence-electron chi connectivity index (χ4n) is 3.66. The maximum absolute atomic E-state index is 12.9. The summed E-state index contributed by atoms with van der Waals surface area (Å²) in [5.74, 6) is 1.88. The molecule has 0 spiro atoms. The van der Waals surface area contributed by atoms with Gasteiger partial charge in [0.2, 0.25) is 11.2 Å².